The SMILES string of the molecule is CC[C@@H](CCN(C)CCCCCc1nc2ccccc2n1C)[C@H](C(C)C)N(C(=O)O)c1ccc2cc(F)ccc2c1.Cl.Cl. The average Bonchev–Trinajstić information content (AvgIpc) is 3.27. The Hall–Kier alpha value is -2.87. The molecular formula is C34H47Cl2FN4O2. The molecule has 0 saturated heterocycles. The summed E-state index contributed by atoms with van der Waals surface area (Å²) in [6.45, 7) is 8.32. The van der Waals surface area contributed by atoms with Crippen LogP contribution < -0.4 is 4.90 Å². The minimum absolute atomic E-state index is 0. The highest BCUT2D eigenvalue weighted by molar-refractivity contribution is 5.92. The minimum atomic E-state index is -0.947. The summed E-state index contributed by atoms with van der Waals surface area (Å²) in [5.74, 6) is 1.21. The first-order valence-corrected chi connectivity index (χ1v) is 15.0. The van der Waals surface area contributed by atoms with Gasteiger partial charge in [0.25, 0.3) is 0 Å². The Kier molecular flexibility index (Phi) is 14.2. The molecule has 0 aliphatic carbocycles. The molecule has 0 fully saturated rings. The van der Waals surface area contributed by atoms with Crippen molar-refractivity contribution in [3.05, 3.63) is 72.3 Å². The van der Waals surface area contributed by atoms with Crippen LogP contribution in [-0.4, -0.2) is 51.8 Å². The molecule has 0 unspecified atom stereocenters. The smallest absolute Gasteiger partial charge is 0.412 e. The van der Waals surface area contributed by atoms with E-state index in [1.165, 1.54) is 17.6 Å². The number of hydrogen-bond acceptors (Lipinski definition) is 3. The zero-order valence-corrected chi connectivity index (χ0v) is 27.6. The van der Waals surface area contributed by atoms with E-state index in [-0.39, 0.29) is 48.5 Å². The number of para-hydroxylation sites is 2. The van der Waals surface area contributed by atoms with Crippen LogP contribution in [0.1, 0.15) is 58.7 Å². The third-order valence-electron chi connectivity index (χ3n) is 8.46. The molecule has 4 aromatic rings. The number of unbranched alkanes of at least 4 members (excludes halogenated alkanes) is 2. The first kappa shape index (κ1) is 36.3. The lowest BCUT2D eigenvalue weighted by Crippen LogP contribution is -2.48. The molecule has 1 N–H and O–H groups in total. The van der Waals surface area contributed by atoms with Crippen LogP contribution in [-0.2, 0) is 13.5 Å². The van der Waals surface area contributed by atoms with Gasteiger partial charge in [0, 0.05) is 25.2 Å². The number of nitrogens with zero attached hydrogens (tertiary/aromatic N) is 4. The molecular weight excluding hydrogens is 586 g/mol. The van der Waals surface area contributed by atoms with E-state index in [1.54, 1.807) is 17.0 Å². The van der Waals surface area contributed by atoms with Gasteiger partial charge in [0.1, 0.15) is 11.6 Å². The summed E-state index contributed by atoms with van der Waals surface area (Å²) in [4.78, 5) is 21.3. The van der Waals surface area contributed by atoms with E-state index in [1.807, 2.05) is 18.2 Å². The van der Waals surface area contributed by atoms with Crippen molar-refractivity contribution in [2.75, 3.05) is 25.0 Å². The quantitative estimate of drug-likeness (QED) is 0.141. The van der Waals surface area contributed by atoms with Crippen molar-refractivity contribution in [1.82, 2.24) is 14.5 Å². The number of carbonyl (C=O) groups is 1. The summed E-state index contributed by atoms with van der Waals surface area (Å²) in [6, 6.07) is 18.2. The van der Waals surface area contributed by atoms with Gasteiger partial charge >= 0.3 is 6.09 Å². The number of hydrogen-bond donors (Lipinski definition) is 1. The molecule has 0 saturated carbocycles. The molecule has 4 rings (SSSR count). The number of benzene rings is 3. The average molecular weight is 634 g/mol. The molecule has 9 heteroatoms. The number of anilines is 1. The van der Waals surface area contributed by atoms with Crippen molar-refractivity contribution >= 4 is 58.4 Å². The number of imidazole rings is 1. The fourth-order valence-corrected chi connectivity index (χ4v) is 6.19. The molecule has 1 amide bonds. The van der Waals surface area contributed by atoms with Crippen LogP contribution in [0.25, 0.3) is 21.8 Å². The first-order valence-electron chi connectivity index (χ1n) is 15.0. The van der Waals surface area contributed by atoms with Crippen molar-refractivity contribution in [1.29, 1.82) is 0 Å². The summed E-state index contributed by atoms with van der Waals surface area (Å²) in [7, 11) is 4.26. The molecule has 6 nitrogen and oxygen atoms in total. The van der Waals surface area contributed by atoms with Gasteiger partial charge in [0.05, 0.1) is 11.0 Å². The topological polar surface area (TPSA) is 61.6 Å². The third-order valence-corrected chi connectivity index (χ3v) is 8.46. The number of carboxylic acid groups (broad SMARTS) is 1. The Morgan fingerprint density at radius 1 is 0.977 bits per heavy atom. The second-order valence-electron chi connectivity index (χ2n) is 11.7. The van der Waals surface area contributed by atoms with Crippen LogP contribution in [0.3, 0.4) is 0 Å². The van der Waals surface area contributed by atoms with E-state index >= 15 is 0 Å². The highest BCUT2D eigenvalue weighted by Crippen LogP contribution is 2.32. The second-order valence-corrected chi connectivity index (χ2v) is 11.7. The van der Waals surface area contributed by atoms with Crippen molar-refractivity contribution in [3.63, 3.8) is 0 Å². The molecule has 0 spiro atoms. The van der Waals surface area contributed by atoms with Gasteiger partial charge in [0.15, 0.2) is 0 Å². The lowest BCUT2D eigenvalue weighted by Gasteiger charge is -2.38. The summed E-state index contributed by atoms with van der Waals surface area (Å²) in [5.41, 5.74) is 2.89. The predicted molar refractivity (Wildman–Crippen MR) is 182 cm³/mol. The van der Waals surface area contributed by atoms with Crippen LogP contribution in [0.5, 0.6) is 0 Å². The Balaban J connectivity index is 0.00000323. The van der Waals surface area contributed by atoms with Gasteiger partial charge < -0.3 is 14.6 Å². The van der Waals surface area contributed by atoms with Crippen LogP contribution in [0, 0.1) is 17.7 Å². The van der Waals surface area contributed by atoms with E-state index in [0.717, 1.165) is 73.7 Å². The van der Waals surface area contributed by atoms with Gasteiger partial charge in [-0.2, -0.15) is 0 Å². The molecule has 236 valence electrons. The molecule has 3 aromatic carbocycles. The number of amides is 1. The van der Waals surface area contributed by atoms with Crippen LogP contribution >= 0.6 is 24.8 Å². The maximum absolute atomic E-state index is 13.7. The molecule has 1 aromatic heterocycles. The number of aryl methyl sites for hydroxylation is 2. The van der Waals surface area contributed by atoms with Gasteiger partial charge in [-0.25, -0.2) is 14.2 Å². The van der Waals surface area contributed by atoms with Gasteiger partial charge in [0.2, 0.25) is 0 Å². The molecule has 0 radical (unpaired) electrons. The van der Waals surface area contributed by atoms with Crippen LogP contribution in [0.15, 0.2) is 60.7 Å². The summed E-state index contributed by atoms with van der Waals surface area (Å²) >= 11 is 0. The fourth-order valence-electron chi connectivity index (χ4n) is 6.19. The number of halogens is 3. The van der Waals surface area contributed by atoms with Crippen LogP contribution in [0.2, 0.25) is 0 Å². The third kappa shape index (κ3) is 9.07. The number of rotatable bonds is 14. The largest absolute Gasteiger partial charge is 0.465 e. The Labute approximate surface area is 268 Å². The molecule has 43 heavy (non-hydrogen) atoms. The minimum Gasteiger partial charge on any atom is -0.465 e. The lowest BCUT2D eigenvalue weighted by atomic mass is 9.84. The second kappa shape index (κ2) is 16.8. The normalized spacial score (nSPS) is 12.7. The van der Waals surface area contributed by atoms with Gasteiger partial charge in [-0.3, -0.25) is 4.90 Å². The standard InChI is InChI=1S/C34H45FN4O2.2ClH/c1-6-25(19-21-37(4)20-11-7-8-14-32-36-30-12-9-10-13-31(30)38(32)5)33(24(2)3)39(34(40)41)29-18-16-26-22-28(35)17-15-27(26)23-29;;/h9-10,12-13,15-18,22-25,33H,6-8,11,14,19-21H2,1-5H3,(H,40,41);2*1H/t25-,33-;;/m0../s1. The lowest BCUT2D eigenvalue weighted by molar-refractivity contribution is 0.185. The molecule has 0 aliphatic rings. The van der Waals surface area contributed by atoms with Crippen molar-refractivity contribution in [2.24, 2.45) is 18.9 Å². The zero-order valence-electron chi connectivity index (χ0n) is 26.0. The van der Waals surface area contributed by atoms with E-state index in [4.69, 9.17) is 4.98 Å². The van der Waals surface area contributed by atoms with Gasteiger partial charge in [-0.15, -0.1) is 24.8 Å². The molecule has 2 atom stereocenters. The fraction of sp³-hybridized carbons (Fsp3) is 0.471. The number of fused-ring (bicyclic) bond motifs is 2. The van der Waals surface area contributed by atoms with Crippen molar-refractivity contribution < 1.29 is 14.3 Å². The molecule has 0 bridgehead atoms. The highest BCUT2D eigenvalue weighted by Gasteiger charge is 2.33. The van der Waals surface area contributed by atoms with E-state index in [0.29, 0.717) is 5.69 Å². The Morgan fingerprint density at radius 2 is 1.67 bits per heavy atom. The number of aromatic nitrogens is 2. The predicted octanol–water partition coefficient (Wildman–Crippen LogP) is 8.98. The summed E-state index contributed by atoms with van der Waals surface area (Å²) in [5, 5.41) is 11.9. The van der Waals surface area contributed by atoms with Gasteiger partial charge in [-0.1, -0.05) is 57.9 Å². The highest BCUT2D eigenvalue weighted by atomic mass is 35.5. The van der Waals surface area contributed by atoms with Gasteiger partial charge in [-0.05, 0) is 98.4 Å². The van der Waals surface area contributed by atoms with E-state index in [2.05, 4.69) is 62.5 Å². The molecule has 0 aliphatic heterocycles. The maximum Gasteiger partial charge on any atom is 0.412 e. The Morgan fingerprint density at radius 3 is 2.35 bits per heavy atom. The summed E-state index contributed by atoms with van der Waals surface area (Å²) in [6.07, 6.45) is 5.26. The molecule has 1 heterocycles. The van der Waals surface area contributed by atoms with Crippen molar-refractivity contribution in [2.45, 2.75) is 65.3 Å². The zero-order chi connectivity index (χ0) is 29.5. The first-order chi connectivity index (χ1) is 19.7. The Bertz CT molecular complexity index is 1460. The van der Waals surface area contributed by atoms with Crippen LogP contribution in [0.4, 0.5) is 14.9 Å². The van der Waals surface area contributed by atoms with E-state index in [9.17, 15) is 14.3 Å². The maximum atomic E-state index is 13.7. The summed E-state index contributed by atoms with van der Waals surface area (Å²) < 4.78 is 15.9. The van der Waals surface area contributed by atoms with Crippen molar-refractivity contribution in [3.8, 4) is 0 Å². The van der Waals surface area contributed by atoms with E-state index < -0.39 is 6.09 Å². The monoisotopic (exact) mass is 632 g/mol.